The number of aromatic nitrogens is 2. The molecule has 1 aromatic heterocycles. The molecule has 1 aromatic carbocycles. The van der Waals surface area contributed by atoms with Crippen LogP contribution in [0.1, 0.15) is 6.42 Å². The highest BCUT2D eigenvalue weighted by atomic mass is 16.3. The zero-order valence-corrected chi connectivity index (χ0v) is 9.14. The van der Waals surface area contributed by atoms with Gasteiger partial charge in [-0.1, -0.05) is 0 Å². The SMILES string of the molecule is NCCCn1c(=O)[nH]c2cc(O)ccc2c1=O. The van der Waals surface area contributed by atoms with E-state index in [4.69, 9.17) is 5.73 Å². The Morgan fingerprint density at radius 3 is 2.82 bits per heavy atom. The minimum absolute atomic E-state index is 0.00672. The lowest BCUT2D eigenvalue weighted by Gasteiger charge is -2.05. The molecule has 1 heterocycles. The molecule has 0 aliphatic carbocycles. The van der Waals surface area contributed by atoms with Crippen LogP contribution in [0.4, 0.5) is 0 Å². The smallest absolute Gasteiger partial charge is 0.328 e. The number of aromatic hydroxyl groups is 1. The molecule has 0 amide bonds. The van der Waals surface area contributed by atoms with Crippen molar-refractivity contribution in [3.63, 3.8) is 0 Å². The highest BCUT2D eigenvalue weighted by Gasteiger charge is 2.07. The molecule has 0 atom stereocenters. The molecular weight excluding hydrogens is 222 g/mol. The second-order valence-corrected chi connectivity index (χ2v) is 3.76. The molecule has 0 saturated carbocycles. The third-order valence-electron chi connectivity index (χ3n) is 2.55. The van der Waals surface area contributed by atoms with Crippen molar-refractivity contribution in [2.45, 2.75) is 13.0 Å². The molecule has 2 rings (SSSR count). The van der Waals surface area contributed by atoms with E-state index in [1.54, 1.807) is 0 Å². The molecule has 0 bridgehead atoms. The first-order valence-corrected chi connectivity index (χ1v) is 5.29. The van der Waals surface area contributed by atoms with E-state index in [1.807, 2.05) is 0 Å². The summed E-state index contributed by atoms with van der Waals surface area (Å²) < 4.78 is 1.12. The Kier molecular flexibility index (Phi) is 2.97. The van der Waals surface area contributed by atoms with Gasteiger partial charge in [-0.05, 0) is 25.1 Å². The number of nitrogens with one attached hydrogen (secondary N) is 1. The van der Waals surface area contributed by atoms with Gasteiger partial charge in [-0.25, -0.2) is 4.79 Å². The van der Waals surface area contributed by atoms with Crippen LogP contribution in [0.2, 0.25) is 0 Å². The van der Waals surface area contributed by atoms with Gasteiger partial charge in [-0.2, -0.15) is 0 Å². The minimum Gasteiger partial charge on any atom is -0.508 e. The van der Waals surface area contributed by atoms with Gasteiger partial charge < -0.3 is 15.8 Å². The third-order valence-corrected chi connectivity index (χ3v) is 2.55. The number of hydrogen-bond donors (Lipinski definition) is 3. The number of aromatic amines is 1. The van der Waals surface area contributed by atoms with Crippen molar-refractivity contribution in [3.05, 3.63) is 39.0 Å². The second-order valence-electron chi connectivity index (χ2n) is 3.76. The van der Waals surface area contributed by atoms with E-state index in [0.717, 1.165) is 4.57 Å². The fourth-order valence-corrected chi connectivity index (χ4v) is 1.69. The van der Waals surface area contributed by atoms with E-state index in [-0.39, 0.29) is 11.3 Å². The highest BCUT2D eigenvalue weighted by molar-refractivity contribution is 5.78. The van der Waals surface area contributed by atoms with Crippen molar-refractivity contribution in [3.8, 4) is 5.75 Å². The summed E-state index contributed by atoms with van der Waals surface area (Å²) in [4.78, 5) is 26.2. The largest absolute Gasteiger partial charge is 0.508 e. The zero-order valence-electron chi connectivity index (χ0n) is 9.14. The van der Waals surface area contributed by atoms with Crippen LogP contribution in [0.5, 0.6) is 5.75 Å². The summed E-state index contributed by atoms with van der Waals surface area (Å²) in [5.41, 5.74) is 4.84. The van der Waals surface area contributed by atoms with Gasteiger partial charge in [0.25, 0.3) is 5.56 Å². The van der Waals surface area contributed by atoms with Crippen LogP contribution >= 0.6 is 0 Å². The molecule has 0 radical (unpaired) electrons. The first-order valence-electron chi connectivity index (χ1n) is 5.29. The highest BCUT2D eigenvalue weighted by Crippen LogP contribution is 2.13. The van der Waals surface area contributed by atoms with E-state index in [1.165, 1.54) is 18.2 Å². The molecular formula is C11H13N3O3. The number of nitrogens with two attached hydrogens (primary N) is 1. The maximum Gasteiger partial charge on any atom is 0.328 e. The Labute approximate surface area is 96.3 Å². The van der Waals surface area contributed by atoms with E-state index in [9.17, 15) is 14.7 Å². The fraction of sp³-hybridized carbons (Fsp3) is 0.273. The molecule has 4 N–H and O–H groups in total. The summed E-state index contributed by atoms with van der Waals surface area (Å²) in [7, 11) is 0. The van der Waals surface area contributed by atoms with Crippen LogP contribution in [0.25, 0.3) is 10.9 Å². The number of H-pyrrole nitrogens is 1. The van der Waals surface area contributed by atoms with Gasteiger partial charge in [0.05, 0.1) is 10.9 Å². The topological polar surface area (TPSA) is 101 Å². The van der Waals surface area contributed by atoms with Gasteiger partial charge in [0.2, 0.25) is 0 Å². The Bertz CT molecular complexity index is 657. The lowest BCUT2D eigenvalue weighted by Crippen LogP contribution is -2.35. The van der Waals surface area contributed by atoms with E-state index in [0.29, 0.717) is 30.4 Å². The Balaban J connectivity index is 2.68. The number of fused-ring (bicyclic) bond motifs is 1. The van der Waals surface area contributed by atoms with Crippen molar-refractivity contribution in [1.82, 2.24) is 9.55 Å². The second kappa shape index (κ2) is 4.42. The van der Waals surface area contributed by atoms with E-state index in [2.05, 4.69) is 4.98 Å². The van der Waals surface area contributed by atoms with Gasteiger partial charge in [0.1, 0.15) is 5.75 Å². The van der Waals surface area contributed by atoms with Crippen molar-refractivity contribution >= 4 is 10.9 Å². The summed E-state index contributed by atoms with van der Waals surface area (Å²) in [5, 5.41) is 9.65. The standard InChI is InChI=1S/C11H13N3O3/c12-4-1-5-14-10(16)8-3-2-7(15)6-9(8)13-11(14)17/h2-3,6,15H,1,4-5,12H2,(H,13,17). The van der Waals surface area contributed by atoms with Crippen LogP contribution in [0, 0.1) is 0 Å². The Morgan fingerprint density at radius 2 is 2.12 bits per heavy atom. The molecule has 0 fully saturated rings. The Morgan fingerprint density at radius 1 is 1.35 bits per heavy atom. The number of benzene rings is 1. The first kappa shape index (κ1) is 11.4. The van der Waals surface area contributed by atoms with Crippen LogP contribution in [-0.4, -0.2) is 21.2 Å². The van der Waals surface area contributed by atoms with Crippen molar-refractivity contribution in [2.75, 3.05) is 6.54 Å². The molecule has 17 heavy (non-hydrogen) atoms. The number of phenols is 1. The maximum absolute atomic E-state index is 12.0. The number of rotatable bonds is 3. The van der Waals surface area contributed by atoms with Crippen molar-refractivity contribution in [1.29, 1.82) is 0 Å². The predicted molar refractivity (Wildman–Crippen MR) is 64.2 cm³/mol. The zero-order chi connectivity index (χ0) is 12.4. The number of phenolic OH excluding ortho intramolecular Hbond substituents is 1. The summed E-state index contributed by atoms with van der Waals surface area (Å²) in [5.74, 6) is 0.00672. The molecule has 2 aromatic rings. The van der Waals surface area contributed by atoms with Crippen molar-refractivity contribution in [2.24, 2.45) is 5.73 Å². The quantitative estimate of drug-likeness (QED) is 0.682. The molecule has 0 saturated heterocycles. The van der Waals surface area contributed by atoms with Gasteiger partial charge in [-0.3, -0.25) is 9.36 Å². The lowest BCUT2D eigenvalue weighted by molar-refractivity contribution is 0.476. The average molecular weight is 235 g/mol. The van der Waals surface area contributed by atoms with Gasteiger partial charge in [0.15, 0.2) is 0 Å². The minimum atomic E-state index is -0.485. The van der Waals surface area contributed by atoms with Crippen LogP contribution in [0.15, 0.2) is 27.8 Å². The third kappa shape index (κ3) is 2.07. The van der Waals surface area contributed by atoms with Crippen molar-refractivity contribution < 1.29 is 5.11 Å². The van der Waals surface area contributed by atoms with Crippen LogP contribution in [-0.2, 0) is 6.54 Å². The summed E-state index contributed by atoms with van der Waals surface area (Å²) in [6.07, 6.45) is 0.562. The molecule has 90 valence electrons. The molecule has 0 spiro atoms. The van der Waals surface area contributed by atoms with Crippen LogP contribution < -0.4 is 17.0 Å². The molecule has 6 nitrogen and oxygen atoms in total. The number of hydrogen-bond acceptors (Lipinski definition) is 4. The first-order chi connectivity index (χ1) is 8.13. The van der Waals surface area contributed by atoms with Crippen LogP contribution in [0.3, 0.4) is 0 Å². The molecule has 6 heteroatoms. The lowest BCUT2D eigenvalue weighted by atomic mass is 10.2. The predicted octanol–water partition coefficient (Wildman–Crippen LogP) is -0.256. The number of nitrogens with zero attached hydrogens (tertiary/aromatic N) is 1. The fourth-order valence-electron chi connectivity index (χ4n) is 1.69. The monoisotopic (exact) mass is 235 g/mol. The van der Waals surface area contributed by atoms with E-state index < -0.39 is 5.69 Å². The maximum atomic E-state index is 12.0. The van der Waals surface area contributed by atoms with Gasteiger partial charge >= 0.3 is 5.69 Å². The van der Waals surface area contributed by atoms with E-state index >= 15 is 0 Å². The van der Waals surface area contributed by atoms with Gasteiger partial charge in [0, 0.05) is 12.6 Å². The molecule has 0 aliphatic heterocycles. The molecule has 0 aliphatic rings. The normalized spacial score (nSPS) is 10.9. The average Bonchev–Trinajstić information content (AvgIpc) is 2.28. The summed E-state index contributed by atoms with van der Waals surface area (Å²) >= 11 is 0. The molecule has 0 unspecified atom stereocenters. The summed E-state index contributed by atoms with van der Waals surface area (Å²) in [6, 6.07) is 4.25. The Hall–Kier alpha value is -2.08. The van der Waals surface area contributed by atoms with Gasteiger partial charge in [-0.15, -0.1) is 0 Å². The summed E-state index contributed by atoms with van der Waals surface area (Å²) in [6.45, 7) is 0.709.